The zero-order valence-corrected chi connectivity index (χ0v) is 22.1. The predicted octanol–water partition coefficient (Wildman–Crippen LogP) is -0.253. The smallest absolute Gasteiger partial charge is 0.326 e. The van der Waals surface area contributed by atoms with E-state index in [2.05, 4.69) is 25.9 Å². The Kier molecular flexibility index (Phi) is 14.8. The number of carboxylic acids is 1. The van der Waals surface area contributed by atoms with Crippen LogP contribution in [0.2, 0.25) is 0 Å². The van der Waals surface area contributed by atoms with Crippen molar-refractivity contribution in [2.45, 2.75) is 76.5 Å². The Morgan fingerprint density at radius 3 is 2.22 bits per heavy atom. The highest BCUT2D eigenvalue weighted by Crippen LogP contribution is 2.09. The second kappa shape index (κ2) is 16.9. The maximum atomic E-state index is 13.1. The van der Waals surface area contributed by atoms with E-state index >= 15 is 0 Å². The van der Waals surface area contributed by atoms with Crippen LogP contribution >= 0.6 is 11.8 Å². The van der Waals surface area contributed by atoms with Crippen molar-refractivity contribution in [2.24, 2.45) is 17.4 Å². The Labute approximate surface area is 216 Å². The molecule has 0 saturated carbocycles. The van der Waals surface area contributed by atoms with E-state index in [9.17, 15) is 24.3 Å². The predicted molar refractivity (Wildman–Crippen MR) is 139 cm³/mol. The van der Waals surface area contributed by atoms with Crippen molar-refractivity contribution >= 4 is 35.5 Å². The summed E-state index contributed by atoms with van der Waals surface area (Å²) in [6, 6.07) is -3.83. The molecular weight excluding hydrogens is 486 g/mol. The number of aliphatic carboxylic acids is 1. The van der Waals surface area contributed by atoms with E-state index in [1.807, 2.05) is 20.1 Å². The number of aromatic amines is 1. The Bertz CT molecular complexity index is 822. The number of hydrogen-bond donors (Lipinski definition) is 7. The van der Waals surface area contributed by atoms with Crippen LogP contribution in [0.1, 0.15) is 51.6 Å². The van der Waals surface area contributed by atoms with E-state index in [1.165, 1.54) is 18.1 Å². The molecule has 13 heteroatoms. The molecule has 1 rings (SSSR count). The summed E-state index contributed by atoms with van der Waals surface area (Å²) in [5, 5.41) is 17.4. The molecule has 1 heterocycles. The topological polar surface area (TPSA) is 205 Å². The summed E-state index contributed by atoms with van der Waals surface area (Å²) in [7, 11) is 0. The fourth-order valence-electron chi connectivity index (χ4n) is 3.51. The number of carbonyl (C=O) groups excluding carboxylic acids is 3. The van der Waals surface area contributed by atoms with Gasteiger partial charge in [0.2, 0.25) is 17.7 Å². The van der Waals surface area contributed by atoms with Gasteiger partial charge in [0.05, 0.1) is 12.4 Å². The molecule has 4 unspecified atom stereocenters. The summed E-state index contributed by atoms with van der Waals surface area (Å²) >= 11 is 1.51. The van der Waals surface area contributed by atoms with Crippen LogP contribution in [0.4, 0.5) is 0 Å². The first-order chi connectivity index (χ1) is 17.1. The number of amides is 3. The van der Waals surface area contributed by atoms with Gasteiger partial charge >= 0.3 is 5.97 Å². The van der Waals surface area contributed by atoms with Gasteiger partial charge in [-0.2, -0.15) is 11.8 Å². The standard InChI is InChI=1S/C23H41N7O5S/c1-14(2)10-19(22(33)29-18(23(34)35)6-4-5-8-24)30-21(32)17(7-9-36-3)28-20(31)16(25)11-15-12-26-13-27-15/h12-14,16-19H,4-11,24-25H2,1-3H3,(H,26,27)(H,28,31)(H,29,33)(H,30,32)(H,34,35). The number of H-pyrrole nitrogens is 1. The second-order valence-electron chi connectivity index (χ2n) is 9.10. The van der Waals surface area contributed by atoms with E-state index < -0.39 is 47.9 Å². The van der Waals surface area contributed by atoms with Gasteiger partial charge in [-0.25, -0.2) is 9.78 Å². The molecule has 12 nitrogen and oxygen atoms in total. The number of nitrogens with two attached hydrogens (primary N) is 2. The number of hydrogen-bond acceptors (Lipinski definition) is 8. The molecule has 1 aromatic heterocycles. The molecule has 0 fully saturated rings. The van der Waals surface area contributed by atoms with Crippen molar-refractivity contribution in [3.8, 4) is 0 Å². The Morgan fingerprint density at radius 2 is 1.67 bits per heavy atom. The van der Waals surface area contributed by atoms with Crippen LogP contribution < -0.4 is 27.4 Å². The molecule has 0 saturated heterocycles. The van der Waals surface area contributed by atoms with Crippen LogP contribution in [0.15, 0.2) is 12.5 Å². The number of unbranched alkanes of at least 4 members (excludes halogenated alkanes) is 1. The van der Waals surface area contributed by atoms with Gasteiger partial charge in [-0.3, -0.25) is 14.4 Å². The molecule has 204 valence electrons. The van der Waals surface area contributed by atoms with Crippen molar-refractivity contribution in [3.05, 3.63) is 18.2 Å². The third-order valence-corrected chi connectivity index (χ3v) is 6.12. The highest BCUT2D eigenvalue weighted by molar-refractivity contribution is 7.98. The first kappa shape index (κ1) is 31.4. The molecule has 0 spiro atoms. The van der Waals surface area contributed by atoms with Crippen molar-refractivity contribution in [1.29, 1.82) is 0 Å². The summed E-state index contributed by atoms with van der Waals surface area (Å²) in [5.74, 6) is -2.11. The van der Waals surface area contributed by atoms with Gasteiger partial charge in [0.25, 0.3) is 0 Å². The molecule has 3 amide bonds. The Morgan fingerprint density at radius 1 is 1.03 bits per heavy atom. The third kappa shape index (κ3) is 11.9. The van der Waals surface area contributed by atoms with Crippen LogP contribution in [0.5, 0.6) is 0 Å². The summed E-state index contributed by atoms with van der Waals surface area (Å²) < 4.78 is 0. The van der Waals surface area contributed by atoms with Crippen LogP contribution in [0, 0.1) is 5.92 Å². The maximum absolute atomic E-state index is 13.1. The SMILES string of the molecule is CSCCC(NC(=O)C(N)Cc1cnc[nH]1)C(=O)NC(CC(C)C)C(=O)NC(CCCCN)C(=O)O. The van der Waals surface area contributed by atoms with Gasteiger partial charge in [0.15, 0.2) is 0 Å². The molecule has 0 aliphatic carbocycles. The highest BCUT2D eigenvalue weighted by atomic mass is 32.2. The lowest BCUT2D eigenvalue weighted by atomic mass is 10.0. The number of nitrogens with one attached hydrogen (secondary N) is 4. The summed E-state index contributed by atoms with van der Waals surface area (Å²) in [6.45, 7) is 4.22. The Hall–Kier alpha value is -2.64. The fraction of sp³-hybridized carbons (Fsp3) is 0.696. The van der Waals surface area contributed by atoms with Crippen LogP contribution in [0.3, 0.4) is 0 Å². The van der Waals surface area contributed by atoms with Crippen LogP contribution in [0.25, 0.3) is 0 Å². The molecule has 1 aromatic rings. The number of carbonyl (C=O) groups is 4. The summed E-state index contributed by atoms with van der Waals surface area (Å²) in [4.78, 5) is 57.2. The number of nitrogens with zero attached hydrogens (tertiary/aromatic N) is 1. The van der Waals surface area contributed by atoms with Gasteiger partial charge < -0.3 is 37.5 Å². The largest absolute Gasteiger partial charge is 0.480 e. The highest BCUT2D eigenvalue weighted by Gasteiger charge is 2.30. The van der Waals surface area contributed by atoms with E-state index in [1.54, 1.807) is 6.20 Å². The van der Waals surface area contributed by atoms with E-state index in [0.717, 1.165) is 0 Å². The molecule has 0 radical (unpaired) electrons. The van der Waals surface area contributed by atoms with Gasteiger partial charge in [-0.05, 0) is 56.6 Å². The minimum absolute atomic E-state index is 0.0450. The normalized spacial score (nSPS) is 14.5. The Balaban J connectivity index is 2.89. The maximum Gasteiger partial charge on any atom is 0.326 e. The van der Waals surface area contributed by atoms with Gasteiger partial charge in [0.1, 0.15) is 18.1 Å². The lowest BCUT2D eigenvalue weighted by molar-refractivity contribution is -0.142. The number of aromatic nitrogens is 2. The van der Waals surface area contributed by atoms with Crippen molar-refractivity contribution in [2.75, 3.05) is 18.6 Å². The monoisotopic (exact) mass is 527 g/mol. The second-order valence-corrected chi connectivity index (χ2v) is 10.1. The van der Waals surface area contributed by atoms with Gasteiger partial charge in [0, 0.05) is 18.3 Å². The van der Waals surface area contributed by atoms with Crippen molar-refractivity contribution in [3.63, 3.8) is 0 Å². The summed E-state index contributed by atoms with van der Waals surface area (Å²) in [6.07, 6.45) is 7.23. The molecule has 9 N–H and O–H groups in total. The molecular formula is C23H41N7O5S. The quantitative estimate of drug-likeness (QED) is 0.125. The number of imidazole rings is 1. The third-order valence-electron chi connectivity index (χ3n) is 5.48. The lowest BCUT2D eigenvalue weighted by Gasteiger charge is -2.26. The van der Waals surface area contributed by atoms with E-state index in [0.29, 0.717) is 43.7 Å². The fourth-order valence-corrected chi connectivity index (χ4v) is 3.98. The number of carboxylic acid groups (broad SMARTS) is 1. The van der Waals surface area contributed by atoms with Crippen LogP contribution in [-0.4, -0.2) is 81.5 Å². The van der Waals surface area contributed by atoms with E-state index in [-0.39, 0.29) is 18.8 Å². The molecule has 36 heavy (non-hydrogen) atoms. The number of thioether (sulfide) groups is 1. The molecule has 0 aliphatic heterocycles. The van der Waals surface area contributed by atoms with Gasteiger partial charge in [-0.1, -0.05) is 13.8 Å². The first-order valence-corrected chi connectivity index (χ1v) is 13.5. The van der Waals surface area contributed by atoms with Crippen molar-refractivity contribution < 1.29 is 24.3 Å². The van der Waals surface area contributed by atoms with E-state index in [4.69, 9.17) is 11.5 Å². The summed E-state index contributed by atoms with van der Waals surface area (Å²) in [5.41, 5.74) is 12.2. The number of rotatable bonds is 18. The minimum atomic E-state index is -1.15. The lowest BCUT2D eigenvalue weighted by Crippen LogP contribution is -2.57. The minimum Gasteiger partial charge on any atom is -0.480 e. The average molecular weight is 528 g/mol. The first-order valence-electron chi connectivity index (χ1n) is 12.1. The zero-order valence-electron chi connectivity index (χ0n) is 21.3. The van der Waals surface area contributed by atoms with Crippen molar-refractivity contribution in [1.82, 2.24) is 25.9 Å². The molecule has 0 aliphatic rings. The zero-order chi connectivity index (χ0) is 27.1. The van der Waals surface area contributed by atoms with Crippen LogP contribution in [-0.2, 0) is 25.6 Å². The average Bonchev–Trinajstić information content (AvgIpc) is 3.32. The van der Waals surface area contributed by atoms with Gasteiger partial charge in [-0.15, -0.1) is 0 Å². The molecule has 4 atom stereocenters. The molecule has 0 aromatic carbocycles. The molecule has 0 bridgehead atoms.